The van der Waals surface area contributed by atoms with E-state index in [0.29, 0.717) is 24.8 Å². The third kappa shape index (κ3) is 4.56. The number of hydrogen-bond donors (Lipinski definition) is 1. The van der Waals surface area contributed by atoms with Crippen LogP contribution in [0.2, 0.25) is 0 Å². The minimum Gasteiger partial charge on any atom is -0.486 e. The summed E-state index contributed by atoms with van der Waals surface area (Å²) < 4.78 is 5.74. The summed E-state index contributed by atoms with van der Waals surface area (Å²) in [6.45, 7) is 9.29. The SMILES string of the molecule is Cc1ccc(OCc2nc(C(=O)NCC(C)C)cs2)cc1C. The first-order chi connectivity index (χ1) is 10.5. The molecule has 0 radical (unpaired) electrons. The molecular formula is C17H22N2O2S. The maximum atomic E-state index is 11.9. The van der Waals surface area contributed by atoms with Gasteiger partial charge in [-0.05, 0) is 43.0 Å². The predicted molar refractivity (Wildman–Crippen MR) is 89.5 cm³/mol. The summed E-state index contributed by atoms with van der Waals surface area (Å²) in [5.41, 5.74) is 2.90. The van der Waals surface area contributed by atoms with Crippen LogP contribution in [0.1, 0.15) is 40.5 Å². The van der Waals surface area contributed by atoms with Crippen LogP contribution in [-0.4, -0.2) is 17.4 Å². The van der Waals surface area contributed by atoms with Gasteiger partial charge in [-0.15, -0.1) is 11.3 Å². The van der Waals surface area contributed by atoms with Crippen LogP contribution in [0, 0.1) is 19.8 Å². The Bertz CT molecular complexity index is 650. The van der Waals surface area contributed by atoms with E-state index in [-0.39, 0.29) is 5.91 Å². The van der Waals surface area contributed by atoms with Gasteiger partial charge in [0.2, 0.25) is 0 Å². The number of aryl methyl sites for hydroxylation is 2. The Morgan fingerprint density at radius 3 is 2.77 bits per heavy atom. The van der Waals surface area contributed by atoms with Crippen LogP contribution in [-0.2, 0) is 6.61 Å². The molecule has 0 aliphatic heterocycles. The lowest BCUT2D eigenvalue weighted by atomic mass is 10.1. The molecule has 0 bridgehead atoms. The Kier molecular flexibility index (Phi) is 5.55. The molecule has 0 spiro atoms. The minimum absolute atomic E-state index is 0.123. The molecule has 0 saturated carbocycles. The summed E-state index contributed by atoms with van der Waals surface area (Å²) >= 11 is 1.44. The number of ether oxygens (including phenoxy) is 1. The Morgan fingerprint density at radius 1 is 1.32 bits per heavy atom. The van der Waals surface area contributed by atoms with E-state index in [9.17, 15) is 4.79 Å². The van der Waals surface area contributed by atoms with Crippen molar-refractivity contribution in [2.75, 3.05) is 6.54 Å². The second-order valence-electron chi connectivity index (χ2n) is 5.77. The molecule has 5 heteroatoms. The molecule has 1 N–H and O–H groups in total. The van der Waals surface area contributed by atoms with Crippen LogP contribution in [0.25, 0.3) is 0 Å². The molecule has 0 unspecified atom stereocenters. The zero-order valence-corrected chi connectivity index (χ0v) is 14.3. The standard InChI is InChI=1S/C17H22N2O2S/c1-11(2)8-18-17(20)15-10-22-16(19-15)9-21-14-6-5-12(3)13(4)7-14/h5-7,10-11H,8-9H2,1-4H3,(H,18,20). The van der Waals surface area contributed by atoms with Crippen LogP contribution >= 0.6 is 11.3 Å². The summed E-state index contributed by atoms with van der Waals surface area (Å²) in [5, 5.41) is 5.44. The number of benzene rings is 1. The van der Waals surface area contributed by atoms with Gasteiger partial charge < -0.3 is 10.1 Å². The van der Waals surface area contributed by atoms with E-state index in [1.165, 1.54) is 22.5 Å². The molecule has 0 aliphatic rings. The van der Waals surface area contributed by atoms with Crippen LogP contribution in [0.3, 0.4) is 0 Å². The summed E-state index contributed by atoms with van der Waals surface area (Å²) in [6.07, 6.45) is 0. The highest BCUT2D eigenvalue weighted by atomic mass is 32.1. The number of rotatable bonds is 6. The van der Waals surface area contributed by atoms with E-state index in [4.69, 9.17) is 4.74 Å². The van der Waals surface area contributed by atoms with Gasteiger partial charge in [0, 0.05) is 11.9 Å². The molecule has 2 rings (SSSR count). The Balaban J connectivity index is 1.91. The van der Waals surface area contributed by atoms with Crippen molar-refractivity contribution in [1.29, 1.82) is 0 Å². The highest BCUT2D eigenvalue weighted by Gasteiger charge is 2.11. The van der Waals surface area contributed by atoms with E-state index in [1.54, 1.807) is 5.38 Å². The number of carbonyl (C=O) groups excluding carboxylic acids is 1. The van der Waals surface area contributed by atoms with E-state index in [1.807, 2.05) is 18.2 Å². The second kappa shape index (κ2) is 7.40. The first-order valence-corrected chi connectivity index (χ1v) is 8.26. The van der Waals surface area contributed by atoms with Crippen LogP contribution in [0.15, 0.2) is 23.6 Å². The second-order valence-corrected chi connectivity index (χ2v) is 6.71. The van der Waals surface area contributed by atoms with Gasteiger partial charge in [0.15, 0.2) is 0 Å². The predicted octanol–water partition coefficient (Wildman–Crippen LogP) is 3.72. The lowest BCUT2D eigenvalue weighted by Crippen LogP contribution is -2.27. The van der Waals surface area contributed by atoms with Crippen LogP contribution in [0.4, 0.5) is 0 Å². The number of hydrogen-bond acceptors (Lipinski definition) is 4. The smallest absolute Gasteiger partial charge is 0.270 e. The fourth-order valence-corrected chi connectivity index (χ4v) is 2.50. The summed E-state index contributed by atoms with van der Waals surface area (Å²) in [4.78, 5) is 16.2. The van der Waals surface area contributed by atoms with Gasteiger partial charge in [-0.25, -0.2) is 4.98 Å². The first kappa shape index (κ1) is 16.5. The molecule has 118 valence electrons. The molecule has 4 nitrogen and oxygen atoms in total. The average molecular weight is 318 g/mol. The number of amides is 1. The fourth-order valence-electron chi connectivity index (χ4n) is 1.82. The third-order valence-corrected chi connectivity index (χ3v) is 4.12. The Labute approximate surface area is 135 Å². The van der Waals surface area contributed by atoms with Crippen molar-refractivity contribution in [1.82, 2.24) is 10.3 Å². The number of nitrogens with zero attached hydrogens (tertiary/aromatic N) is 1. The molecule has 0 aliphatic carbocycles. The van der Waals surface area contributed by atoms with Gasteiger partial charge in [-0.3, -0.25) is 4.79 Å². The van der Waals surface area contributed by atoms with E-state index in [2.05, 4.69) is 38.0 Å². The van der Waals surface area contributed by atoms with Crippen molar-refractivity contribution < 1.29 is 9.53 Å². The monoisotopic (exact) mass is 318 g/mol. The lowest BCUT2D eigenvalue weighted by molar-refractivity contribution is 0.0944. The Hall–Kier alpha value is -1.88. The maximum Gasteiger partial charge on any atom is 0.270 e. The molecule has 0 saturated heterocycles. The average Bonchev–Trinajstić information content (AvgIpc) is 2.95. The summed E-state index contributed by atoms with van der Waals surface area (Å²) in [6, 6.07) is 6.00. The number of thiazole rings is 1. The topological polar surface area (TPSA) is 51.2 Å². The fraction of sp³-hybridized carbons (Fsp3) is 0.412. The minimum atomic E-state index is -0.123. The van der Waals surface area contributed by atoms with E-state index < -0.39 is 0 Å². The molecule has 1 aromatic carbocycles. The van der Waals surface area contributed by atoms with Gasteiger partial charge in [0.05, 0.1) is 0 Å². The molecule has 22 heavy (non-hydrogen) atoms. The molecule has 1 amide bonds. The van der Waals surface area contributed by atoms with Gasteiger partial charge in [0.1, 0.15) is 23.1 Å². The molecule has 2 aromatic rings. The lowest BCUT2D eigenvalue weighted by Gasteiger charge is -2.07. The quantitative estimate of drug-likeness (QED) is 0.883. The van der Waals surface area contributed by atoms with Crippen LogP contribution < -0.4 is 10.1 Å². The van der Waals surface area contributed by atoms with Crippen molar-refractivity contribution in [3.63, 3.8) is 0 Å². The van der Waals surface area contributed by atoms with Crippen molar-refractivity contribution in [3.05, 3.63) is 45.4 Å². The number of nitrogens with one attached hydrogen (secondary N) is 1. The highest BCUT2D eigenvalue weighted by Crippen LogP contribution is 2.19. The molecule has 1 aromatic heterocycles. The van der Waals surface area contributed by atoms with E-state index in [0.717, 1.165) is 10.8 Å². The van der Waals surface area contributed by atoms with Crippen molar-refractivity contribution in [2.45, 2.75) is 34.3 Å². The zero-order chi connectivity index (χ0) is 16.1. The molecule has 1 heterocycles. The first-order valence-electron chi connectivity index (χ1n) is 7.38. The van der Waals surface area contributed by atoms with E-state index >= 15 is 0 Å². The van der Waals surface area contributed by atoms with Gasteiger partial charge in [-0.1, -0.05) is 19.9 Å². The normalized spacial score (nSPS) is 10.8. The van der Waals surface area contributed by atoms with Gasteiger partial charge >= 0.3 is 0 Å². The van der Waals surface area contributed by atoms with Gasteiger partial charge in [-0.2, -0.15) is 0 Å². The molecular weight excluding hydrogens is 296 g/mol. The molecule has 0 atom stereocenters. The summed E-state index contributed by atoms with van der Waals surface area (Å²) in [7, 11) is 0. The zero-order valence-electron chi connectivity index (χ0n) is 13.5. The number of aromatic nitrogens is 1. The van der Waals surface area contributed by atoms with Crippen molar-refractivity contribution >= 4 is 17.2 Å². The van der Waals surface area contributed by atoms with Crippen molar-refractivity contribution in [2.24, 2.45) is 5.92 Å². The van der Waals surface area contributed by atoms with Gasteiger partial charge in [0.25, 0.3) is 5.91 Å². The largest absolute Gasteiger partial charge is 0.486 e. The highest BCUT2D eigenvalue weighted by molar-refractivity contribution is 7.09. The third-order valence-electron chi connectivity index (χ3n) is 3.30. The molecule has 0 fully saturated rings. The van der Waals surface area contributed by atoms with Crippen molar-refractivity contribution in [3.8, 4) is 5.75 Å². The Morgan fingerprint density at radius 2 is 2.09 bits per heavy atom. The van der Waals surface area contributed by atoms with Crippen LogP contribution in [0.5, 0.6) is 5.75 Å². The maximum absolute atomic E-state index is 11.9. The number of carbonyl (C=O) groups is 1. The summed E-state index contributed by atoms with van der Waals surface area (Å²) in [5.74, 6) is 1.13.